The third-order valence-corrected chi connectivity index (χ3v) is 3.44. The third kappa shape index (κ3) is 3.01. The number of aromatic amines is 1. The van der Waals surface area contributed by atoms with Gasteiger partial charge in [0, 0.05) is 48.1 Å². The predicted molar refractivity (Wildman–Crippen MR) is 87.6 cm³/mol. The Labute approximate surface area is 132 Å². The number of ketones is 1. The maximum Gasteiger partial charge on any atom is 0.241 e. The summed E-state index contributed by atoms with van der Waals surface area (Å²) in [6.07, 6.45) is 8.02. The predicted octanol–water partition coefficient (Wildman–Crippen LogP) is 2.33. The molecule has 0 fully saturated rings. The van der Waals surface area contributed by atoms with Crippen LogP contribution in [0.4, 0.5) is 0 Å². The van der Waals surface area contributed by atoms with Crippen LogP contribution in [0.25, 0.3) is 28.2 Å². The zero-order chi connectivity index (χ0) is 16.4. The summed E-state index contributed by atoms with van der Waals surface area (Å²) in [6.45, 7) is 1.48. The molecule has 0 saturated heterocycles. The average molecular weight is 306 g/mol. The standard InChI is InChI=1S/C17H14N4O2/c1-10(22)15-7-11(4-5-19-15)13-6-14-12(2-3-16(18)23)8-20-17(14)21-9-13/h2-9H,1H3,(H2,18,23)(H,20,21). The molecule has 0 bridgehead atoms. The molecular weight excluding hydrogens is 292 g/mol. The number of fused-ring (bicyclic) bond motifs is 1. The van der Waals surface area contributed by atoms with Crippen LogP contribution < -0.4 is 5.73 Å². The second-order valence-electron chi connectivity index (χ2n) is 5.09. The Kier molecular flexibility index (Phi) is 3.72. The lowest BCUT2D eigenvalue weighted by molar-refractivity contribution is -0.113. The molecule has 6 nitrogen and oxygen atoms in total. The first-order valence-corrected chi connectivity index (χ1v) is 6.96. The summed E-state index contributed by atoms with van der Waals surface area (Å²) in [4.78, 5) is 33.8. The van der Waals surface area contributed by atoms with Gasteiger partial charge < -0.3 is 10.7 Å². The van der Waals surface area contributed by atoms with E-state index in [4.69, 9.17) is 5.73 Å². The van der Waals surface area contributed by atoms with Gasteiger partial charge in [0.05, 0.1) is 0 Å². The van der Waals surface area contributed by atoms with Crippen LogP contribution in [-0.4, -0.2) is 26.6 Å². The maximum atomic E-state index is 11.5. The minimum absolute atomic E-state index is 0.0902. The smallest absolute Gasteiger partial charge is 0.241 e. The van der Waals surface area contributed by atoms with Gasteiger partial charge in [0.1, 0.15) is 11.3 Å². The lowest BCUT2D eigenvalue weighted by Gasteiger charge is -2.03. The van der Waals surface area contributed by atoms with Gasteiger partial charge in [-0.25, -0.2) is 4.98 Å². The molecule has 0 aliphatic carbocycles. The highest BCUT2D eigenvalue weighted by molar-refractivity contribution is 5.96. The van der Waals surface area contributed by atoms with E-state index in [2.05, 4.69) is 15.0 Å². The molecule has 0 aliphatic rings. The molecular formula is C17H14N4O2. The fraction of sp³-hybridized carbons (Fsp3) is 0.0588. The molecule has 0 radical (unpaired) electrons. The lowest BCUT2D eigenvalue weighted by atomic mass is 10.1. The normalized spacial score (nSPS) is 11.2. The van der Waals surface area contributed by atoms with Crippen LogP contribution in [0, 0.1) is 0 Å². The van der Waals surface area contributed by atoms with E-state index >= 15 is 0 Å². The van der Waals surface area contributed by atoms with E-state index in [0.717, 1.165) is 22.1 Å². The summed E-state index contributed by atoms with van der Waals surface area (Å²) < 4.78 is 0. The summed E-state index contributed by atoms with van der Waals surface area (Å²) >= 11 is 0. The Morgan fingerprint density at radius 1 is 1.22 bits per heavy atom. The van der Waals surface area contributed by atoms with Gasteiger partial charge >= 0.3 is 0 Å². The molecule has 0 aliphatic heterocycles. The number of primary amides is 1. The van der Waals surface area contributed by atoms with E-state index in [1.54, 1.807) is 30.7 Å². The number of amides is 1. The number of Topliss-reactive ketones (excluding diaryl/α,β-unsaturated/α-hetero) is 1. The van der Waals surface area contributed by atoms with E-state index in [0.29, 0.717) is 11.3 Å². The molecule has 0 unspecified atom stereocenters. The number of nitrogens with zero attached hydrogens (tertiary/aromatic N) is 2. The van der Waals surface area contributed by atoms with Gasteiger partial charge in [-0.1, -0.05) is 0 Å². The average Bonchev–Trinajstić information content (AvgIpc) is 2.95. The first-order valence-electron chi connectivity index (χ1n) is 6.96. The summed E-state index contributed by atoms with van der Waals surface area (Å²) in [5.74, 6) is -0.601. The SMILES string of the molecule is CC(=O)c1cc(-c2cnc3[nH]cc(C=CC(N)=O)c3c2)ccn1. The zero-order valence-electron chi connectivity index (χ0n) is 12.4. The van der Waals surface area contributed by atoms with E-state index < -0.39 is 5.91 Å². The number of H-pyrrole nitrogens is 1. The molecule has 3 N–H and O–H groups in total. The fourth-order valence-corrected chi connectivity index (χ4v) is 2.29. The first kappa shape index (κ1) is 14.6. The number of hydrogen-bond donors (Lipinski definition) is 2. The highest BCUT2D eigenvalue weighted by atomic mass is 16.1. The van der Waals surface area contributed by atoms with Gasteiger partial charge in [-0.15, -0.1) is 0 Å². The molecule has 114 valence electrons. The van der Waals surface area contributed by atoms with Crippen molar-refractivity contribution in [2.45, 2.75) is 6.92 Å². The van der Waals surface area contributed by atoms with Crippen LogP contribution in [0.1, 0.15) is 23.0 Å². The number of nitrogens with one attached hydrogen (secondary N) is 1. The number of carbonyl (C=O) groups excluding carboxylic acids is 2. The van der Waals surface area contributed by atoms with Crippen molar-refractivity contribution in [1.82, 2.24) is 15.0 Å². The molecule has 0 aromatic carbocycles. The van der Waals surface area contributed by atoms with Crippen molar-refractivity contribution >= 4 is 28.8 Å². The maximum absolute atomic E-state index is 11.5. The molecule has 3 rings (SSSR count). The van der Waals surface area contributed by atoms with Crippen molar-refractivity contribution in [3.63, 3.8) is 0 Å². The molecule has 6 heteroatoms. The molecule has 0 spiro atoms. The fourth-order valence-electron chi connectivity index (χ4n) is 2.29. The van der Waals surface area contributed by atoms with Crippen LogP contribution in [0.3, 0.4) is 0 Å². The number of nitrogens with two attached hydrogens (primary N) is 1. The minimum atomic E-state index is -0.510. The molecule has 3 aromatic heterocycles. The van der Waals surface area contributed by atoms with Crippen LogP contribution in [-0.2, 0) is 4.79 Å². The molecule has 1 amide bonds. The highest BCUT2D eigenvalue weighted by Gasteiger charge is 2.08. The van der Waals surface area contributed by atoms with Crippen LogP contribution in [0.15, 0.2) is 42.9 Å². The third-order valence-electron chi connectivity index (χ3n) is 3.44. The number of carbonyl (C=O) groups is 2. The van der Waals surface area contributed by atoms with Crippen LogP contribution in [0.5, 0.6) is 0 Å². The Bertz CT molecular complexity index is 941. The Hall–Kier alpha value is -3.28. The summed E-state index contributed by atoms with van der Waals surface area (Å²) in [5.41, 5.74) is 8.77. The molecule has 3 heterocycles. The van der Waals surface area contributed by atoms with Gasteiger partial charge in [0.25, 0.3) is 0 Å². The lowest BCUT2D eigenvalue weighted by Crippen LogP contribution is -2.04. The Morgan fingerprint density at radius 2 is 2.04 bits per heavy atom. The molecule has 23 heavy (non-hydrogen) atoms. The van der Waals surface area contributed by atoms with E-state index in [1.165, 1.54) is 13.0 Å². The van der Waals surface area contributed by atoms with Crippen LogP contribution >= 0.6 is 0 Å². The number of rotatable bonds is 4. The molecule has 0 saturated carbocycles. The second-order valence-corrected chi connectivity index (χ2v) is 5.09. The molecule has 0 atom stereocenters. The summed E-state index contributed by atoms with van der Waals surface area (Å²) in [6, 6.07) is 5.50. The van der Waals surface area contributed by atoms with Crippen molar-refractivity contribution in [2.75, 3.05) is 0 Å². The van der Waals surface area contributed by atoms with E-state index in [-0.39, 0.29) is 5.78 Å². The Balaban J connectivity index is 2.09. The largest absolute Gasteiger partial charge is 0.366 e. The van der Waals surface area contributed by atoms with E-state index in [1.807, 2.05) is 12.1 Å². The number of aromatic nitrogens is 3. The van der Waals surface area contributed by atoms with Crippen molar-refractivity contribution in [2.24, 2.45) is 5.73 Å². The quantitative estimate of drug-likeness (QED) is 0.570. The minimum Gasteiger partial charge on any atom is -0.366 e. The number of hydrogen-bond acceptors (Lipinski definition) is 4. The first-order chi connectivity index (χ1) is 11.0. The van der Waals surface area contributed by atoms with E-state index in [9.17, 15) is 9.59 Å². The highest BCUT2D eigenvalue weighted by Crippen LogP contribution is 2.25. The van der Waals surface area contributed by atoms with Crippen molar-refractivity contribution in [3.8, 4) is 11.1 Å². The van der Waals surface area contributed by atoms with Gasteiger partial charge in [0.15, 0.2) is 5.78 Å². The zero-order valence-corrected chi connectivity index (χ0v) is 12.4. The monoisotopic (exact) mass is 306 g/mol. The van der Waals surface area contributed by atoms with Crippen LogP contribution in [0.2, 0.25) is 0 Å². The van der Waals surface area contributed by atoms with Crippen molar-refractivity contribution < 1.29 is 9.59 Å². The number of pyridine rings is 2. The van der Waals surface area contributed by atoms with Crippen molar-refractivity contribution in [1.29, 1.82) is 0 Å². The van der Waals surface area contributed by atoms with Gasteiger partial charge in [-0.3, -0.25) is 14.6 Å². The Morgan fingerprint density at radius 3 is 2.78 bits per heavy atom. The summed E-state index contributed by atoms with van der Waals surface area (Å²) in [7, 11) is 0. The van der Waals surface area contributed by atoms with Gasteiger partial charge in [0.2, 0.25) is 5.91 Å². The molecule has 3 aromatic rings. The second kappa shape index (κ2) is 5.84. The summed E-state index contributed by atoms with van der Waals surface area (Å²) in [5, 5.41) is 0.862. The van der Waals surface area contributed by atoms with Crippen molar-refractivity contribution in [3.05, 3.63) is 54.1 Å². The topological polar surface area (TPSA) is 102 Å². The van der Waals surface area contributed by atoms with Gasteiger partial charge in [-0.05, 0) is 29.8 Å². The van der Waals surface area contributed by atoms with Gasteiger partial charge in [-0.2, -0.15) is 0 Å².